The van der Waals surface area contributed by atoms with Gasteiger partial charge in [-0.05, 0) is 92.1 Å². The first-order valence-corrected chi connectivity index (χ1v) is 24.6. The molecule has 0 radical (unpaired) electrons. The molecule has 0 saturated heterocycles. The summed E-state index contributed by atoms with van der Waals surface area (Å²) in [7, 11) is -4.60. The standard InChI is InChI=1S/C45H18F51O3P/c1-13-10-16(22(46,47)25(52,53)28(58,59)31(64,65)34(70,71)37(76,77)40(82,83)43(88,89)90)4-7-19(13)97-100(98-20-8-5-17(11-14(20)2)23(48,49)26(54,55)29(60,61)32(66,67)35(72,73)38(78,79)41(84,85)44(91,92)93)99-21-9-6-18(12-15(21)3)24(50,51)27(56,57)30(62,63)33(68,69)36(74,75)39(80,81)42(86,87)45(94,95)96/h4-12H,1-3H3. The van der Waals surface area contributed by atoms with E-state index < -0.39 is 257 Å². The minimum atomic E-state index is -9.22. The molecule has 3 aromatic carbocycles. The Kier molecular flexibility index (Phi) is 21.4. The first-order valence-electron chi connectivity index (χ1n) is 23.5. The summed E-state index contributed by atoms with van der Waals surface area (Å²) in [4.78, 5) is 0. The molecule has 0 aliphatic carbocycles. The molecular weight excluding hydrogens is 1590 g/mol. The predicted molar refractivity (Wildman–Crippen MR) is 221 cm³/mol. The molecule has 0 aliphatic rings. The second kappa shape index (κ2) is 24.3. The van der Waals surface area contributed by atoms with E-state index in [0.717, 1.165) is 0 Å². The van der Waals surface area contributed by atoms with E-state index in [1.807, 2.05) is 0 Å². The van der Waals surface area contributed by atoms with Gasteiger partial charge in [-0.15, -0.1) is 0 Å². The van der Waals surface area contributed by atoms with Gasteiger partial charge in [0.2, 0.25) is 0 Å². The molecule has 0 aromatic heterocycles. The largest absolute Gasteiger partial charge is 0.530 e. The molecule has 0 aliphatic heterocycles. The Morgan fingerprint density at radius 1 is 0.190 bits per heavy atom. The summed E-state index contributed by atoms with van der Waals surface area (Å²) in [6, 6.07) is -7.43. The lowest BCUT2D eigenvalue weighted by molar-refractivity contribution is -0.462. The third-order valence-electron chi connectivity index (χ3n) is 13.3. The van der Waals surface area contributed by atoms with Crippen molar-refractivity contribution in [2.45, 2.75) is 164 Å². The van der Waals surface area contributed by atoms with Crippen LogP contribution in [0.2, 0.25) is 0 Å². The smallest absolute Gasteiger partial charge is 0.408 e. The van der Waals surface area contributed by atoms with Crippen LogP contribution < -0.4 is 13.6 Å². The van der Waals surface area contributed by atoms with E-state index in [1.165, 1.54) is 0 Å². The molecule has 0 heterocycles. The van der Waals surface area contributed by atoms with Gasteiger partial charge in [0.15, 0.2) is 0 Å². The predicted octanol–water partition coefficient (Wildman–Crippen LogP) is 22.8. The molecule has 3 nitrogen and oxygen atoms in total. The van der Waals surface area contributed by atoms with Crippen LogP contribution in [0.3, 0.4) is 0 Å². The topological polar surface area (TPSA) is 27.7 Å². The van der Waals surface area contributed by atoms with Gasteiger partial charge in [0, 0.05) is 16.7 Å². The summed E-state index contributed by atoms with van der Waals surface area (Å²) in [6.45, 7) is -0.0352. The number of alkyl halides is 51. The fourth-order valence-corrected chi connectivity index (χ4v) is 8.38. The molecule has 0 bridgehead atoms. The molecule has 0 unspecified atom stereocenters. The first-order chi connectivity index (χ1) is 43.2. The highest BCUT2D eigenvalue weighted by Gasteiger charge is 2.99. The van der Waals surface area contributed by atoms with Crippen LogP contribution in [-0.2, 0) is 17.8 Å². The number of aryl methyl sites for hydroxylation is 3. The molecule has 3 rings (SSSR count). The molecule has 55 heteroatoms. The Morgan fingerprint density at radius 2 is 0.320 bits per heavy atom. The fraction of sp³-hybridized carbons (Fsp3) is 0.600. The van der Waals surface area contributed by atoms with Gasteiger partial charge in [0.25, 0.3) is 0 Å². The van der Waals surface area contributed by atoms with Gasteiger partial charge >= 0.3 is 152 Å². The third-order valence-corrected chi connectivity index (χ3v) is 14.3. The Balaban J connectivity index is 2.37. The van der Waals surface area contributed by atoms with Crippen molar-refractivity contribution >= 4 is 8.60 Å². The molecule has 578 valence electrons. The Morgan fingerprint density at radius 3 is 0.450 bits per heavy atom. The van der Waals surface area contributed by atoms with Crippen LogP contribution in [0.15, 0.2) is 54.6 Å². The summed E-state index contributed by atoms with van der Waals surface area (Å²) < 4.78 is 729. The van der Waals surface area contributed by atoms with Crippen molar-refractivity contribution in [3.8, 4) is 17.2 Å². The molecule has 0 spiro atoms. The van der Waals surface area contributed by atoms with Gasteiger partial charge in [-0.25, -0.2) is 0 Å². The minimum Gasteiger partial charge on any atom is -0.408 e. The van der Waals surface area contributed by atoms with Gasteiger partial charge in [-0.2, -0.15) is 224 Å². The number of halogens is 51. The quantitative estimate of drug-likeness (QED) is 0.0562. The minimum absolute atomic E-state index is 0.0117. The SMILES string of the molecule is Cc1cc(C(F)(F)C(F)(F)C(F)(F)C(F)(F)C(F)(F)C(F)(F)C(F)(F)C(F)(F)F)ccc1OP(Oc1ccc(C(F)(F)C(F)(F)C(F)(F)C(F)(F)C(F)(F)C(F)(F)C(F)(F)C(F)(F)F)cc1C)Oc1ccc(C(F)(F)C(F)(F)C(F)(F)C(F)(F)C(F)(F)C(F)(F)C(F)(F)C(F)(F)F)cc1C. The summed E-state index contributed by atoms with van der Waals surface area (Å²) in [5.74, 6) is -189. The van der Waals surface area contributed by atoms with Crippen molar-refractivity contribution in [2.75, 3.05) is 0 Å². The van der Waals surface area contributed by atoms with E-state index in [0.29, 0.717) is 0 Å². The van der Waals surface area contributed by atoms with Crippen LogP contribution in [0.25, 0.3) is 0 Å². The maximum atomic E-state index is 15.3. The second-order valence-electron chi connectivity index (χ2n) is 20.0. The molecule has 0 fully saturated rings. The molecular formula is C45H18F51O3P. The molecule has 100 heavy (non-hydrogen) atoms. The number of rotatable bonds is 27. The maximum Gasteiger partial charge on any atom is 0.530 e. The van der Waals surface area contributed by atoms with E-state index in [2.05, 4.69) is 0 Å². The molecule has 0 amide bonds. The van der Waals surface area contributed by atoms with Crippen molar-refractivity contribution in [2.24, 2.45) is 0 Å². The number of hydrogen-bond acceptors (Lipinski definition) is 3. The van der Waals surface area contributed by atoms with E-state index in [9.17, 15) is 198 Å². The van der Waals surface area contributed by atoms with E-state index in [-0.39, 0.29) is 20.8 Å². The summed E-state index contributed by atoms with van der Waals surface area (Å²) >= 11 is 0. The Labute approximate surface area is 515 Å². The first kappa shape index (κ1) is 88.1. The zero-order chi connectivity index (χ0) is 80.3. The average molecular weight is 1610 g/mol. The van der Waals surface area contributed by atoms with Crippen LogP contribution in [0, 0.1) is 20.8 Å². The monoisotopic (exact) mass is 1610 g/mol. The summed E-state index contributed by atoms with van der Waals surface area (Å²) in [5, 5.41) is 0. The van der Waals surface area contributed by atoms with E-state index in [4.69, 9.17) is 13.6 Å². The third kappa shape index (κ3) is 12.0. The van der Waals surface area contributed by atoms with Gasteiger partial charge in [-0.3, -0.25) is 0 Å². The highest BCUT2D eigenvalue weighted by atomic mass is 31.2. The normalized spacial score (nSPS) is 16.0. The van der Waals surface area contributed by atoms with Crippen molar-refractivity contribution in [3.63, 3.8) is 0 Å². The molecule has 0 atom stereocenters. The average Bonchev–Trinajstić information content (AvgIpc) is 0.701. The lowest BCUT2D eigenvalue weighted by Crippen LogP contribution is -2.74. The van der Waals surface area contributed by atoms with Crippen LogP contribution in [0.4, 0.5) is 224 Å². The summed E-state index contributed by atoms with van der Waals surface area (Å²) in [5.41, 5.74) is -14.6. The van der Waals surface area contributed by atoms with Crippen molar-refractivity contribution in [3.05, 3.63) is 88.0 Å². The van der Waals surface area contributed by atoms with E-state index >= 15 is 26.3 Å². The van der Waals surface area contributed by atoms with Gasteiger partial charge in [-0.1, -0.05) is 0 Å². The van der Waals surface area contributed by atoms with Crippen LogP contribution in [-0.4, -0.2) is 125 Å². The van der Waals surface area contributed by atoms with Crippen molar-refractivity contribution < 1.29 is 237 Å². The van der Waals surface area contributed by atoms with E-state index in [1.54, 1.807) is 0 Å². The lowest BCUT2D eigenvalue weighted by Gasteiger charge is -2.42. The zero-order valence-electron chi connectivity index (χ0n) is 45.6. The lowest BCUT2D eigenvalue weighted by atomic mass is 9.87. The molecule has 3 aromatic rings. The van der Waals surface area contributed by atoms with Crippen molar-refractivity contribution in [1.29, 1.82) is 0 Å². The van der Waals surface area contributed by atoms with Crippen LogP contribution in [0.1, 0.15) is 33.4 Å². The van der Waals surface area contributed by atoms with Crippen molar-refractivity contribution in [1.82, 2.24) is 0 Å². The highest BCUT2D eigenvalue weighted by molar-refractivity contribution is 7.43. The highest BCUT2D eigenvalue weighted by Crippen LogP contribution is 2.70. The summed E-state index contributed by atoms with van der Waals surface area (Å²) in [6.07, 6.45) is -24.6. The van der Waals surface area contributed by atoms with Gasteiger partial charge in [0.05, 0.1) is 0 Å². The Hall–Kier alpha value is -6.08. The molecule has 0 N–H and O–H groups in total. The van der Waals surface area contributed by atoms with Gasteiger partial charge < -0.3 is 13.6 Å². The zero-order valence-corrected chi connectivity index (χ0v) is 46.5. The Bertz CT molecular complexity index is 3100. The van der Waals surface area contributed by atoms with Crippen LogP contribution >= 0.6 is 8.60 Å². The van der Waals surface area contributed by atoms with Gasteiger partial charge in [0.1, 0.15) is 17.2 Å². The molecule has 0 saturated carbocycles. The van der Waals surface area contributed by atoms with Crippen LogP contribution in [0.5, 0.6) is 17.2 Å². The number of benzene rings is 3. The fourth-order valence-electron chi connectivity index (χ4n) is 7.17. The second-order valence-corrected chi connectivity index (χ2v) is 21.0. The number of hydrogen-bond donors (Lipinski definition) is 0. The maximum absolute atomic E-state index is 15.3.